The zero-order valence-electron chi connectivity index (χ0n) is 23.4. The van der Waals surface area contributed by atoms with E-state index in [4.69, 9.17) is 4.98 Å². The molecular formula is C30H37ClN4O3S2. The monoisotopic (exact) mass is 600 g/mol. The lowest BCUT2D eigenvalue weighted by Crippen LogP contribution is -2.39. The number of carbonyl (C=O) groups excluding carboxylic acids is 1. The molecule has 40 heavy (non-hydrogen) atoms. The van der Waals surface area contributed by atoms with Gasteiger partial charge in [0.05, 0.1) is 20.8 Å². The summed E-state index contributed by atoms with van der Waals surface area (Å²) in [6.07, 6.45) is 0.933. The van der Waals surface area contributed by atoms with Crippen LogP contribution in [0.5, 0.6) is 0 Å². The number of benzene rings is 3. The summed E-state index contributed by atoms with van der Waals surface area (Å²) in [5.41, 5.74) is 3.12. The maximum Gasteiger partial charge on any atom is 0.264 e. The number of hydrogen-bond acceptors (Lipinski definition) is 6. The summed E-state index contributed by atoms with van der Waals surface area (Å²) in [5.74, 6) is -0.198. The molecule has 1 aromatic heterocycles. The van der Waals surface area contributed by atoms with Crippen molar-refractivity contribution in [3.63, 3.8) is 0 Å². The van der Waals surface area contributed by atoms with Gasteiger partial charge in [-0.3, -0.25) is 14.0 Å². The predicted molar refractivity (Wildman–Crippen MR) is 169 cm³/mol. The molecule has 3 aromatic carbocycles. The van der Waals surface area contributed by atoms with E-state index >= 15 is 0 Å². The molecule has 1 heterocycles. The normalized spacial score (nSPS) is 11.4. The molecule has 0 atom stereocenters. The van der Waals surface area contributed by atoms with Crippen molar-refractivity contribution < 1.29 is 13.2 Å². The second-order valence-electron chi connectivity index (χ2n) is 9.17. The summed E-state index contributed by atoms with van der Waals surface area (Å²) in [4.78, 5) is 22.7. The molecule has 7 nitrogen and oxygen atoms in total. The van der Waals surface area contributed by atoms with Gasteiger partial charge >= 0.3 is 0 Å². The van der Waals surface area contributed by atoms with Crippen molar-refractivity contribution in [1.82, 2.24) is 9.88 Å². The lowest BCUT2D eigenvalue weighted by molar-refractivity contribution is 0.0983. The molecule has 10 heteroatoms. The number of rotatable bonds is 12. The zero-order chi connectivity index (χ0) is 28.0. The molecule has 1 amide bonds. The van der Waals surface area contributed by atoms with Gasteiger partial charge < -0.3 is 4.90 Å². The first-order chi connectivity index (χ1) is 18.8. The number of hydrogen-bond donors (Lipinski definition) is 0. The highest BCUT2D eigenvalue weighted by Gasteiger charge is 2.26. The zero-order valence-corrected chi connectivity index (χ0v) is 25.9. The van der Waals surface area contributed by atoms with Crippen LogP contribution in [-0.4, -0.2) is 56.9 Å². The molecule has 0 spiro atoms. The number of para-hydroxylation sites is 1. The van der Waals surface area contributed by atoms with E-state index in [1.54, 1.807) is 36.1 Å². The number of thiazole rings is 1. The quantitative estimate of drug-likeness (QED) is 0.186. The molecule has 0 aliphatic carbocycles. The minimum absolute atomic E-state index is 0. The average molecular weight is 601 g/mol. The number of likely N-dealkylation sites (N-methyl/N-ethyl adjacent to an activating group) is 1. The van der Waals surface area contributed by atoms with Gasteiger partial charge in [0.15, 0.2) is 5.13 Å². The maximum absolute atomic E-state index is 13.8. The van der Waals surface area contributed by atoms with E-state index in [1.807, 2.05) is 24.3 Å². The van der Waals surface area contributed by atoms with Crippen LogP contribution in [0, 0.1) is 0 Å². The number of halogens is 1. The molecule has 4 rings (SSSR count). The molecule has 0 aliphatic heterocycles. The Balaban J connectivity index is 0.00000441. The number of carbonyl (C=O) groups is 1. The van der Waals surface area contributed by atoms with Crippen LogP contribution in [0.15, 0.2) is 77.7 Å². The van der Waals surface area contributed by atoms with Crippen molar-refractivity contribution >= 4 is 60.7 Å². The van der Waals surface area contributed by atoms with Crippen LogP contribution in [0.1, 0.15) is 43.6 Å². The van der Waals surface area contributed by atoms with Gasteiger partial charge in [0.25, 0.3) is 15.9 Å². The third kappa shape index (κ3) is 6.83. The van der Waals surface area contributed by atoms with Gasteiger partial charge in [-0.05, 0) is 80.5 Å². The van der Waals surface area contributed by atoms with E-state index in [2.05, 4.69) is 37.8 Å². The highest BCUT2D eigenvalue weighted by Crippen LogP contribution is 2.31. The standard InChI is InChI=1S/C30H36N4O3S2.ClH/c1-5-23-14-19-27-28(22-23)38-30(31-27)33(21-20-32(6-2)7-3)29(35)24-15-17-26(18-16-24)39(36,37)34(8-4)25-12-10-9-11-13-25;/h9-19,22H,5-8,20-21H2,1-4H3;1H. The molecule has 0 unspecified atom stereocenters. The van der Waals surface area contributed by atoms with Crippen LogP contribution in [0.2, 0.25) is 0 Å². The molecule has 4 aromatic rings. The van der Waals surface area contributed by atoms with Crippen molar-refractivity contribution in [3.05, 3.63) is 83.9 Å². The Morgan fingerprint density at radius 1 is 0.850 bits per heavy atom. The first-order valence-electron chi connectivity index (χ1n) is 13.4. The Hall–Kier alpha value is -2.98. The number of fused-ring (bicyclic) bond motifs is 1. The largest absolute Gasteiger partial charge is 0.302 e. The second kappa shape index (κ2) is 14.1. The summed E-state index contributed by atoms with van der Waals surface area (Å²) in [7, 11) is -3.78. The van der Waals surface area contributed by atoms with Crippen LogP contribution in [0.25, 0.3) is 10.2 Å². The Kier molecular flexibility index (Phi) is 11.1. The van der Waals surface area contributed by atoms with Crippen LogP contribution < -0.4 is 9.21 Å². The van der Waals surface area contributed by atoms with Gasteiger partial charge in [0.2, 0.25) is 0 Å². The van der Waals surface area contributed by atoms with Crippen molar-refractivity contribution in [3.8, 4) is 0 Å². The van der Waals surface area contributed by atoms with E-state index in [-0.39, 0.29) is 23.2 Å². The van der Waals surface area contributed by atoms with Crippen molar-refractivity contribution in [2.75, 3.05) is 41.9 Å². The van der Waals surface area contributed by atoms with Gasteiger partial charge in [0, 0.05) is 25.2 Å². The maximum atomic E-state index is 13.8. The van der Waals surface area contributed by atoms with Crippen LogP contribution in [0.4, 0.5) is 10.8 Å². The molecule has 214 valence electrons. The number of aromatic nitrogens is 1. The van der Waals surface area contributed by atoms with Crippen LogP contribution in [0.3, 0.4) is 0 Å². The van der Waals surface area contributed by atoms with Crippen molar-refractivity contribution in [2.45, 2.75) is 39.0 Å². The topological polar surface area (TPSA) is 73.8 Å². The van der Waals surface area contributed by atoms with Gasteiger partial charge in [-0.2, -0.15) is 0 Å². The predicted octanol–water partition coefficient (Wildman–Crippen LogP) is 6.48. The van der Waals surface area contributed by atoms with Gasteiger partial charge in [0.1, 0.15) is 0 Å². The molecule has 0 saturated heterocycles. The van der Waals surface area contributed by atoms with E-state index < -0.39 is 10.0 Å². The molecule has 0 radical (unpaired) electrons. The van der Waals surface area contributed by atoms with Gasteiger partial charge in [-0.15, -0.1) is 12.4 Å². The third-order valence-electron chi connectivity index (χ3n) is 6.88. The van der Waals surface area contributed by atoms with Crippen LogP contribution >= 0.6 is 23.7 Å². The smallest absolute Gasteiger partial charge is 0.264 e. The highest BCUT2D eigenvalue weighted by molar-refractivity contribution is 7.92. The number of aryl methyl sites for hydroxylation is 1. The van der Waals surface area contributed by atoms with Crippen LogP contribution in [-0.2, 0) is 16.4 Å². The van der Waals surface area contributed by atoms with E-state index in [9.17, 15) is 13.2 Å². The van der Waals surface area contributed by atoms with Crippen molar-refractivity contribution in [2.24, 2.45) is 0 Å². The lowest BCUT2D eigenvalue weighted by atomic mass is 10.2. The summed E-state index contributed by atoms with van der Waals surface area (Å²) in [6, 6.07) is 21.5. The summed E-state index contributed by atoms with van der Waals surface area (Å²) < 4.78 is 29.2. The minimum Gasteiger partial charge on any atom is -0.302 e. The van der Waals surface area contributed by atoms with Gasteiger partial charge in [-0.1, -0.05) is 56.4 Å². The number of amides is 1. The minimum atomic E-state index is -3.78. The summed E-state index contributed by atoms with van der Waals surface area (Å²) in [6.45, 7) is 11.4. The SMILES string of the molecule is CCc1ccc2nc(N(CCN(CC)CC)C(=O)c3ccc(S(=O)(=O)N(CC)c4ccccc4)cc3)sc2c1.Cl. The first kappa shape index (κ1) is 31.5. The fourth-order valence-electron chi connectivity index (χ4n) is 4.50. The first-order valence-corrected chi connectivity index (χ1v) is 15.7. The van der Waals surface area contributed by atoms with E-state index in [0.29, 0.717) is 36.0 Å². The number of anilines is 2. The number of nitrogens with zero attached hydrogens (tertiary/aromatic N) is 4. The Labute approximate surface area is 247 Å². The Morgan fingerprint density at radius 3 is 2.12 bits per heavy atom. The summed E-state index contributed by atoms with van der Waals surface area (Å²) in [5, 5.41) is 0.647. The fourth-order valence-corrected chi connectivity index (χ4v) is 7.02. The number of sulfonamides is 1. The fraction of sp³-hybridized carbons (Fsp3) is 0.333. The van der Waals surface area contributed by atoms with E-state index in [0.717, 1.165) is 29.7 Å². The Morgan fingerprint density at radius 2 is 1.52 bits per heavy atom. The van der Waals surface area contributed by atoms with Gasteiger partial charge in [-0.25, -0.2) is 13.4 Å². The average Bonchev–Trinajstić information content (AvgIpc) is 3.39. The Bertz CT molecular complexity index is 1510. The van der Waals surface area contributed by atoms with E-state index in [1.165, 1.54) is 33.3 Å². The highest BCUT2D eigenvalue weighted by atomic mass is 35.5. The third-order valence-corrected chi connectivity index (χ3v) is 9.84. The molecule has 0 saturated carbocycles. The second-order valence-corrected chi connectivity index (χ2v) is 12.0. The molecule has 0 aliphatic rings. The molecular weight excluding hydrogens is 564 g/mol. The summed E-state index contributed by atoms with van der Waals surface area (Å²) >= 11 is 1.51. The molecule has 0 fully saturated rings. The molecule has 0 N–H and O–H groups in total. The van der Waals surface area contributed by atoms with Crippen molar-refractivity contribution in [1.29, 1.82) is 0 Å². The lowest BCUT2D eigenvalue weighted by Gasteiger charge is -2.25. The molecule has 0 bridgehead atoms.